The van der Waals surface area contributed by atoms with Gasteiger partial charge in [0.1, 0.15) is 11.2 Å². The molecule has 4 heteroatoms. The molecular weight excluding hydrogens is 623 g/mol. The largest absolute Gasteiger partial charge is 0.456 e. The average molecular weight is 652 g/mol. The maximum absolute atomic E-state index is 6.20. The van der Waals surface area contributed by atoms with Crippen LogP contribution in [0.25, 0.3) is 99.4 Å². The summed E-state index contributed by atoms with van der Waals surface area (Å²) in [4.78, 5) is 5.33. The molecule has 0 unspecified atom stereocenters. The lowest BCUT2D eigenvalue weighted by Gasteiger charge is -2.15. The summed E-state index contributed by atoms with van der Waals surface area (Å²) in [7, 11) is 0. The molecule has 51 heavy (non-hydrogen) atoms. The molecule has 0 N–H and O–H groups in total. The lowest BCUT2D eigenvalue weighted by Crippen LogP contribution is -2.00. The van der Waals surface area contributed by atoms with Crippen molar-refractivity contribution in [2.75, 3.05) is 0 Å². The Morgan fingerprint density at radius 1 is 0.353 bits per heavy atom. The molecule has 4 nitrogen and oxygen atoms in total. The third-order valence-electron chi connectivity index (χ3n) is 10.3. The van der Waals surface area contributed by atoms with E-state index < -0.39 is 0 Å². The van der Waals surface area contributed by atoms with E-state index in [1.807, 2.05) is 12.1 Å². The Morgan fingerprint density at radius 2 is 0.882 bits per heavy atom. The van der Waals surface area contributed by atoms with Gasteiger partial charge in [-0.3, -0.25) is 0 Å². The zero-order valence-corrected chi connectivity index (χ0v) is 27.5. The highest BCUT2D eigenvalue weighted by Gasteiger charge is 2.22. The van der Waals surface area contributed by atoms with E-state index in [-0.39, 0.29) is 0 Å². The van der Waals surface area contributed by atoms with Crippen molar-refractivity contribution < 1.29 is 4.42 Å². The summed E-state index contributed by atoms with van der Waals surface area (Å²) in [5.74, 6) is 0. The van der Waals surface area contributed by atoms with E-state index in [9.17, 15) is 0 Å². The zero-order valence-electron chi connectivity index (χ0n) is 27.5. The molecule has 0 amide bonds. The number of pyridine rings is 1. The zero-order chi connectivity index (χ0) is 33.5. The first kappa shape index (κ1) is 28.0. The minimum Gasteiger partial charge on any atom is -0.456 e. The van der Waals surface area contributed by atoms with Crippen LogP contribution in [0.15, 0.2) is 180 Å². The Kier molecular flexibility index (Phi) is 5.92. The van der Waals surface area contributed by atoms with E-state index >= 15 is 0 Å². The van der Waals surface area contributed by atoms with Gasteiger partial charge in [0.05, 0.1) is 39.1 Å². The molecular formula is C47H29N3O. The van der Waals surface area contributed by atoms with Crippen LogP contribution in [0.2, 0.25) is 0 Å². The van der Waals surface area contributed by atoms with Crippen molar-refractivity contribution in [3.8, 4) is 33.9 Å². The summed E-state index contributed by atoms with van der Waals surface area (Å²) < 4.78 is 11.1. The van der Waals surface area contributed by atoms with Crippen LogP contribution in [0.4, 0.5) is 0 Å². The van der Waals surface area contributed by atoms with Crippen molar-refractivity contribution in [3.05, 3.63) is 176 Å². The lowest BCUT2D eigenvalue weighted by molar-refractivity contribution is 0.669. The number of fused-ring (bicyclic) bond motifs is 10. The molecule has 0 fully saturated rings. The average Bonchev–Trinajstić information content (AvgIpc) is 3.86. The highest BCUT2D eigenvalue weighted by molar-refractivity contribution is 6.23. The standard InChI is InChI=1S/C47H29N3O/c1-3-13-30(14-4-1)40-28-33(29-41(48-40)31-23-26-45-39(27-31)36-19-9-12-22-44(36)51-45)50-43-21-11-8-18-35(43)38-25-24-37-34-17-7-10-20-42(34)49(46(37)47(38)50)32-15-5-2-6-16-32/h1-29H. The van der Waals surface area contributed by atoms with Crippen LogP contribution in [-0.4, -0.2) is 14.1 Å². The van der Waals surface area contributed by atoms with Crippen molar-refractivity contribution in [2.45, 2.75) is 0 Å². The van der Waals surface area contributed by atoms with Gasteiger partial charge in [-0.15, -0.1) is 0 Å². The molecule has 0 saturated carbocycles. The molecule has 0 atom stereocenters. The van der Waals surface area contributed by atoms with E-state index in [1.165, 1.54) is 38.1 Å². The van der Waals surface area contributed by atoms with Gasteiger partial charge in [-0.1, -0.05) is 115 Å². The van der Waals surface area contributed by atoms with E-state index in [1.54, 1.807) is 0 Å². The van der Waals surface area contributed by atoms with Gasteiger partial charge in [-0.25, -0.2) is 4.98 Å². The van der Waals surface area contributed by atoms with Gasteiger partial charge >= 0.3 is 0 Å². The summed E-state index contributed by atoms with van der Waals surface area (Å²) in [5, 5.41) is 7.07. The monoisotopic (exact) mass is 651 g/mol. The molecule has 238 valence electrons. The first-order valence-corrected chi connectivity index (χ1v) is 17.3. The van der Waals surface area contributed by atoms with Crippen molar-refractivity contribution in [1.82, 2.24) is 14.1 Å². The van der Waals surface area contributed by atoms with Crippen LogP contribution in [0, 0.1) is 0 Å². The fraction of sp³-hybridized carbons (Fsp3) is 0. The maximum atomic E-state index is 6.20. The molecule has 11 rings (SSSR count). The van der Waals surface area contributed by atoms with Crippen LogP contribution in [0.5, 0.6) is 0 Å². The molecule has 0 aliphatic carbocycles. The molecule has 0 saturated heterocycles. The second-order valence-corrected chi connectivity index (χ2v) is 13.2. The second kappa shape index (κ2) is 10.8. The van der Waals surface area contributed by atoms with E-state index in [0.29, 0.717) is 0 Å². The highest BCUT2D eigenvalue weighted by atomic mass is 16.3. The van der Waals surface area contributed by atoms with Gasteiger partial charge in [0.2, 0.25) is 0 Å². The van der Waals surface area contributed by atoms with Gasteiger partial charge < -0.3 is 13.6 Å². The second-order valence-electron chi connectivity index (χ2n) is 13.2. The molecule has 0 aliphatic heterocycles. The third-order valence-corrected chi connectivity index (χ3v) is 10.3. The van der Waals surface area contributed by atoms with Gasteiger partial charge in [0.15, 0.2) is 0 Å². The number of rotatable bonds is 4. The number of hydrogen-bond donors (Lipinski definition) is 0. The van der Waals surface area contributed by atoms with E-state index in [0.717, 1.165) is 61.3 Å². The fourth-order valence-corrected chi connectivity index (χ4v) is 8.05. The molecule has 0 radical (unpaired) electrons. The predicted molar refractivity (Wildman–Crippen MR) is 211 cm³/mol. The molecule has 11 aromatic rings. The Morgan fingerprint density at radius 3 is 1.57 bits per heavy atom. The first-order valence-electron chi connectivity index (χ1n) is 17.3. The first-order chi connectivity index (χ1) is 25.3. The van der Waals surface area contributed by atoms with Crippen LogP contribution < -0.4 is 0 Å². The summed E-state index contributed by atoms with van der Waals surface area (Å²) in [5.41, 5.74) is 12.6. The Bertz CT molecular complexity index is 3130. The van der Waals surface area contributed by atoms with Crippen LogP contribution in [0.3, 0.4) is 0 Å². The van der Waals surface area contributed by atoms with Gasteiger partial charge in [-0.2, -0.15) is 0 Å². The van der Waals surface area contributed by atoms with Crippen molar-refractivity contribution >= 4 is 65.6 Å². The highest BCUT2D eigenvalue weighted by Crippen LogP contribution is 2.42. The van der Waals surface area contributed by atoms with Gasteiger partial charge in [0.25, 0.3) is 0 Å². The quantitative estimate of drug-likeness (QED) is 0.190. The normalized spacial score (nSPS) is 11.9. The molecule has 0 spiro atoms. The van der Waals surface area contributed by atoms with E-state index in [2.05, 4.69) is 173 Å². The number of aromatic nitrogens is 3. The predicted octanol–water partition coefficient (Wildman–Crippen LogP) is 12.5. The number of para-hydroxylation sites is 4. The smallest absolute Gasteiger partial charge is 0.135 e. The summed E-state index contributed by atoms with van der Waals surface area (Å²) in [6.45, 7) is 0. The summed E-state index contributed by atoms with van der Waals surface area (Å²) in [6.07, 6.45) is 0. The van der Waals surface area contributed by atoms with Crippen LogP contribution >= 0.6 is 0 Å². The SMILES string of the molecule is c1ccc(-c2cc(-n3c4ccccc4c4ccc5c6ccccc6n(-c6ccccc6)c5c43)cc(-c3ccc4oc5ccccc5c4c3)n2)cc1. The van der Waals surface area contributed by atoms with E-state index in [4.69, 9.17) is 9.40 Å². The molecule has 4 heterocycles. The van der Waals surface area contributed by atoms with Crippen LogP contribution in [-0.2, 0) is 0 Å². The minimum atomic E-state index is 0.873. The van der Waals surface area contributed by atoms with Crippen LogP contribution in [0.1, 0.15) is 0 Å². The number of nitrogens with zero attached hydrogens (tertiary/aromatic N) is 3. The Hall–Kier alpha value is -6.91. The minimum absolute atomic E-state index is 0.873. The van der Waals surface area contributed by atoms with Crippen molar-refractivity contribution in [2.24, 2.45) is 0 Å². The Labute approximate surface area is 293 Å². The van der Waals surface area contributed by atoms with Crippen molar-refractivity contribution in [3.63, 3.8) is 0 Å². The summed E-state index contributed by atoms with van der Waals surface area (Å²) >= 11 is 0. The number of benzene rings is 7. The molecule has 4 aromatic heterocycles. The topological polar surface area (TPSA) is 35.9 Å². The van der Waals surface area contributed by atoms with Gasteiger partial charge in [-0.05, 0) is 60.7 Å². The molecule has 0 aliphatic rings. The number of furan rings is 1. The van der Waals surface area contributed by atoms with Gasteiger partial charge in [0, 0.05) is 49.1 Å². The lowest BCUT2D eigenvalue weighted by atomic mass is 10.0. The fourth-order valence-electron chi connectivity index (χ4n) is 8.05. The molecule has 0 bridgehead atoms. The number of hydrogen-bond acceptors (Lipinski definition) is 2. The van der Waals surface area contributed by atoms with Crippen molar-refractivity contribution in [1.29, 1.82) is 0 Å². The Balaban J connectivity index is 1.28. The summed E-state index contributed by atoms with van der Waals surface area (Å²) in [6, 6.07) is 62.5. The third kappa shape index (κ3) is 4.17. The maximum Gasteiger partial charge on any atom is 0.135 e. The molecule has 7 aromatic carbocycles.